The van der Waals surface area contributed by atoms with Gasteiger partial charge in [-0.2, -0.15) is 0 Å². The van der Waals surface area contributed by atoms with Crippen LogP contribution >= 0.6 is 15.9 Å². The smallest absolute Gasteiger partial charge is 0.187 e. The van der Waals surface area contributed by atoms with Crippen molar-refractivity contribution in [2.24, 2.45) is 0 Å². The predicted molar refractivity (Wildman–Crippen MR) is 50.7 cm³/mol. The van der Waals surface area contributed by atoms with E-state index < -0.39 is 0 Å². The molecule has 0 atom stereocenters. The maximum absolute atomic E-state index is 6.71. The molecule has 1 nitrogen and oxygen atoms in total. The molecule has 1 aromatic rings. The average Bonchev–Trinajstić information content (AvgIpc) is 2.07. The zero-order valence-corrected chi connectivity index (χ0v) is 7.38. The number of hydrogen-bond acceptors (Lipinski definition) is 0. The van der Waals surface area contributed by atoms with E-state index in [4.69, 9.17) is 6.57 Å². The first-order valence-corrected chi connectivity index (χ1v) is 4.02. The minimum Gasteiger partial charge on any atom is -0.238 e. The quantitative estimate of drug-likeness (QED) is 0.621. The van der Waals surface area contributed by atoms with Crippen LogP contribution in [-0.2, 0) is 0 Å². The fraction of sp³-hybridized carbons (Fsp3) is 0. The summed E-state index contributed by atoms with van der Waals surface area (Å²) in [6, 6.07) is 7.42. The van der Waals surface area contributed by atoms with Gasteiger partial charge in [0.05, 0.1) is 6.57 Å². The van der Waals surface area contributed by atoms with Crippen LogP contribution in [0.5, 0.6) is 0 Å². The Labute approximate surface area is 74.3 Å². The molecule has 54 valence electrons. The van der Waals surface area contributed by atoms with Crippen molar-refractivity contribution >= 4 is 27.7 Å². The van der Waals surface area contributed by atoms with Crippen LogP contribution in [0, 0.1) is 6.57 Å². The second kappa shape index (κ2) is 3.95. The molecule has 0 unspecified atom stereocenters. The van der Waals surface area contributed by atoms with E-state index in [9.17, 15) is 0 Å². The van der Waals surface area contributed by atoms with Gasteiger partial charge in [-0.15, -0.1) is 0 Å². The molecular weight excluding hydrogens is 202 g/mol. The van der Waals surface area contributed by atoms with Gasteiger partial charge in [0.15, 0.2) is 5.69 Å². The van der Waals surface area contributed by atoms with Crippen LogP contribution in [0.3, 0.4) is 0 Å². The van der Waals surface area contributed by atoms with Gasteiger partial charge in [0, 0.05) is 0 Å². The Morgan fingerprint density at radius 1 is 1.27 bits per heavy atom. The summed E-state index contributed by atoms with van der Waals surface area (Å²) in [5, 5.41) is 0. The highest BCUT2D eigenvalue weighted by Gasteiger charge is 1.87. The van der Waals surface area contributed by atoms with E-state index in [2.05, 4.69) is 20.8 Å². The molecule has 11 heavy (non-hydrogen) atoms. The lowest BCUT2D eigenvalue weighted by Gasteiger charge is -1.90. The summed E-state index contributed by atoms with van der Waals surface area (Å²) in [7, 11) is 0. The molecule has 0 amide bonds. The van der Waals surface area contributed by atoms with Crippen LogP contribution in [0.4, 0.5) is 5.69 Å². The molecule has 0 fully saturated rings. The first-order chi connectivity index (χ1) is 5.36. The van der Waals surface area contributed by atoms with Crippen molar-refractivity contribution in [1.29, 1.82) is 0 Å². The Bertz CT molecular complexity index is 292. The van der Waals surface area contributed by atoms with Crippen LogP contribution in [0.15, 0.2) is 29.3 Å². The second-order valence-corrected chi connectivity index (χ2v) is 2.52. The van der Waals surface area contributed by atoms with Gasteiger partial charge in [-0.05, 0) is 16.6 Å². The van der Waals surface area contributed by atoms with Gasteiger partial charge in [-0.1, -0.05) is 40.2 Å². The maximum Gasteiger partial charge on any atom is 0.187 e. The highest BCUT2D eigenvalue weighted by atomic mass is 79.9. The van der Waals surface area contributed by atoms with Gasteiger partial charge in [0.1, 0.15) is 0 Å². The summed E-state index contributed by atoms with van der Waals surface area (Å²) < 4.78 is 0. The number of hydrogen-bond donors (Lipinski definition) is 0. The van der Waals surface area contributed by atoms with Crippen molar-refractivity contribution < 1.29 is 0 Å². The van der Waals surface area contributed by atoms with E-state index in [1.807, 2.05) is 18.2 Å². The molecule has 0 bridgehead atoms. The summed E-state index contributed by atoms with van der Waals surface area (Å²) in [5.41, 5.74) is 1.77. The largest absolute Gasteiger partial charge is 0.238 e. The Balaban J connectivity index is 2.94. The molecule has 0 aliphatic carbocycles. The molecule has 0 saturated carbocycles. The van der Waals surface area contributed by atoms with Crippen molar-refractivity contribution in [2.75, 3.05) is 0 Å². The number of benzene rings is 1. The molecule has 0 saturated heterocycles. The van der Waals surface area contributed by atoms with Gasteiger partial charge in [-0.3, -0.25) is 0 Å². The zero-order chi connectivity index (χ0) is 8.10. The molecule has 0 heterocycles. The van der Waals surface area contributed by atoms with Crippen molar-refractivity contribution in [3.63, 3.8) is 0 Å². The van der Waals surface area contributed by atoms with Crippen molar-refractivity contribution in [3.05, 3.63) is 46.2 Å². The van der Waals surface area contributed by atoms with E-state index in [0.29, 0.717) is 5.69 Å². The maximum atomic E-state index is 6.71. The first kappa shape index (κ1) is 8.03. The third-order valence-electron chi connectivity index (χ3n) is 1.28. The van der Waals surface area contributed by atoms with Crippen LogP contribution in [-0.4, -0.2) is 0 Å². The molecule has 0 aliphatic heterocycles. The van der Waals surface area contributed by atoms with Gasteiger partial charge in [0.2, 0.25) is 0 Å². The zero-order valence-electron chi connectivity index (χ0n) is 5.79. The topological polar surface area (TPSA) is 4.36 Å². The monoisotopic (exact) mass is 207 g/mol. The highest BCUT2D eigenvalue weighted by molar-refractivity contribution is 9.11. The predicted octanol–water partition coefficient (Wildman–Crippen LogP) is 3.60. The summed E-state index contributed by atoms with van der Waals surface area (Å²) >= 11 is 3.18. The Morgan fingerprint density at radius 3 is 2.36 bits per heavy atom. The molecule has 0 aliphatic rings. The van der Waals surface area contributed by atoms with Gasteiger partial charge in [0.25, 0.3) is 0 Å². The SMILES string of the molecule is [C-]#[N+]c1ccc(/C=C\Br)cc1. The van der Waals surface area contributed by atoms with E-state index in [1.54, 1.807) is 17.1 Å². The summed E-state index contributed by atoms with van der Waals surface area (Å²) in [5.74, 6) is 0. The minimum atomic E-state index is 0.678. The van der Waals surface area contributed by atoms with Crippen LogP contribution in [0.2, 0.25) is 0 Å². The number of halogens is 1. The van der Waals surface area contributed by atoms with E-state index >= 15 is 0 Å². The summed E-state index contributed by atoms with van der Waals surface area (Å²) in [6.07, 6.45) is 1.92. The van der Waals surface area contributed by atoms with Crippen LogP contribution in [0.25, 0.3) is 10.9 Å². The summed E-state index contributed by atoms with van der Waals surface area (Å²) in [4.78, 5) is 5.08. The average molecular weight is 208 g/mol. The number of rotatable bonds is 1. The molecule has 0 radical (unpaired) electrons. The van der Waals surface area contributed by atoms with Crippen molar-refractivity contribution in [3.8, 4) is 0 Å². The van der Waals surface area contributed by atoms with Crippen molar-refractivity contribution in [2.45, 2.75) is 0 Å². The fourth-order valence-corrected chi connectivity index (χ4v) is 1.04. The van der Waals surface area contributed by atoms with Gasteiger partial charge >= 0.3 is 0 Å². The van der Waals surface area contributed by atoms with Crippen molar-refractivity contribution in [1.82, 2.24) is 0 Å². The van der Waals surface area contributed by atoms with Crippen LogP contribution < -0.4 is 0 Å². The Hall–Kier alpha value is -1.07. The standard InChI is InChI=1S/C9H6BrN/c1-11-9-4-2-8(3-5-9)6-7-10/h2-7H/b7-6-. The highest BCUT2D eigenvalue weighted by Crippen LogP contribution is 2.13. The summed E-state index contributed by atoms with van der Waals surface area (Å²) in [6.45, 7) is 6.71. The van der Waals surface area contributed by atoms with E-state index in [1.165, 1.54) is 0 Å². The molecular formula is C9H6BrN. The lowest BCUT2D eigenvalue weighted by molar-refractivity contribution is 1.67. The molecule has 0 aromatic heterocycles. The molecule has 1 rings (SSSR count). The Kier molecular flexibility index (Phi) is 2.88. The minimum absolute atomic E-state index is 0.678. The second-order valence-electron chi connectivity index (χ2n) is 2.00. The third kappa shape index (κ3) is 2.21. The third-order valence-corrected chi connectivity index (χ3v) is 1.54. The fourth-order valence-electron chi connectivity index (χ4n) is 0.733. The van der Waals surface area contributed by atoms with Gasteiger partial charge in [-0.25, -0.2) is 4.85 Å². The molecule has 0 N–H and O–H groups in total. The number of nitrogens with zero attached hydrogens (tertiary/aromatic N) is 1. The molecule has 1 aromatic carbocycles. The Morgan fingerprint density at radius 2 is 1.91 bits per heavy atom. The van der Waals surface area contributed by atoms with E-state index in [-0.39, 0.29) is 0 Å². The van der Waals surface area contributed by atoms with Gasteiger partial charge < -0.3 is 0 Å². The molecule has 2 heteroatoms. The first-order valence-electron chi connectivity index (χ1n) is 3.11. The van der Waals surface area contributed by atoms with E-state index in [0.717, 1.165) is 5.56 Å². The lowest BCUT2D eigenvalue weighted by atomic mass is 10.2. The normalized spacial score (nSPS) is 9.82. The molecule has 0 spiro atoms. The van der Waals surface area contributed by atoms with Crippen LogP contribution in [0.1, 0.15) is 5.56 Å². The lowest BCUT2D eigenvalue weighted by Crippen LogP contribution is -1.67.